The molecule has 4 nitrogen and oxygen atoms in total. The molecule has 0 bridgehead atoms. The molecule has 0 spiro atoms. The molecular weight excluding hydrogens is 180 g/mol. The van der Waals surface area contributed by atoms with Crippen LogP contribution in [0.2, 0.25) is 0 Å². The van der Waals surface area contributed by atoms with Gasteiger partial charge in [0.05, 0.1) is 5.41 Å². The van der Waals surface area contributed by atoms with Crippen molar-refractivity contribution in [1.29, 1.82) is 0 Å². The molecule has 0 unspecified atom stereocenters. The van der Waals surface area contributed by atoms with Crippen LogP contribution in [0.5, 0.6) is 0 Å². The average molecular weight is 200 g/mol. The summed E-state index contributed by atoms with van der Waals surface area (Å²) < 4.78 is 5.25. The van der Waals surface area contributed by atoms with Crippen LogP contribution in [0.4, 0.5) is 0 Å². The first-order valence-electron chi connectivity index (χ1n) is 5.31. The number of amides is 1. The highest BCUT2D eigenvalue weighted by Crippen LogP contribution is 2.29. The Morgan fingerprint density at radius 1 is 1.50 bits per heavy atom. The lowest BCUT2D eigenvalue weighted by Crippen LogP contribution is -2.49. The van der Waals surface area contributed by atoms with E-state index in [1.807, 2.05) is 6.92 Å². The molecule has 82 valence electrons. The van der Waals surface area contributed by atoms with E-state index in [4.69, 9.17) is 10.5 Å². The van der Waals surface area contributed by atoms with Crippen LogP contribution in [0.15, 0.2) is 0 Å². The molecule has 14 heavy (non-hydrogen) atoms. The molecule has 0 atom stereocenters. The van der Waals surface area contributed by atoms with E-state index in [-0.39, 0.29) is 11.3 Å². The predicted molar refractivity (Wildman–Crippen MR) is 54.8 cm³/mol. The number of ether oxygens (including phenoxy) is 1. The van der Waals surface area contributed by atoms with Crippen LogP contribution < -0.4 is 11.1 Å². The Hall–Kier alpha value is -0.610. The van der Waals surface area contributed by atoms with Gasteiger partial charge in [-0.05, 0) is 19.3 Å². The third kappa shape index (κ3) is 2.45. The summed E-state index contributed by atoms with van der Waals surface area (Å²) in [5.41, 5.74) is 5.33. The van der Waals surface area contributed by atoms with Crippen LogP contribution in [0.3, 0.4) is 0 Å². The summed E-state index contributed by atoms with van der Waals surface area (Å²) in [4.78, 5) is 11.9. The summed E-state index contributed by atoms with van der Waals surface area (Å²) in [6.07, 6.45) is 2.46. The normalized spacial score (nSPS) is 20.4. The van der Waals surface area contributed by atoms with Crippen molar-refractivity contribution in [1.82, 2.24) is 5.32 Å². The molecule has 1 saturated heterocycles. The van der Waals surface area contributed by atoms with Crippen LogP contribution in [0, 0.1) is 5.41 Å². The first kappa shape index (κ1) is 11.5. The lowest BCUT2D eigenvalue weighted by atomic mass is 9.79. The fourth-order valence-electron chi connectivity index (χ4n) is 1.71. The average Bonchev–Trinajstić information content (AvgIpc) is 2.26. The number of hydrogen-bond donors (Lipinski definition) is 2. The van der Waals surface area contributed by atoms with Crippen molar-refractivity contribution < 1.29 is 9.53 Å². The van der Waals surface area contributed by atoms with Crippen molar-refractivity contribution in [3.8, 4) is 0 Å². The number of rotatable bonds is 4. The molecule has 1 fully saturated rings. The van der Waals surface area contributed by atoms with E-state index in [9.17, 15) is 4.79 Å². The van der Waals surface area contributed by atoms with E-state index >= 15 is 0 Å². The molecule has 0 aromatic rings. The first-order chi connectivity index (χ1) is 6.75. The Balaban J connectivity index is 2.53. The maximum Gasteiger partial charge on any atom is 0.227 e. The lowest BCUT2D eigenvalue weighted by molar-refractivity contribution is -0.135. The van der Waals surface area contributed by atoms with Gasteiger partial charge in [0.25, 0.3) is 0 Å². The van der Waals surface area contributed by atoms with E-state index in [0.717, 1.165) is 25.8 Å². The molecule has 0 aromatic carbocycles. The zero-order chi connectivity index (χ0) is 10.4. The number of carbonyl (C=O) groups is 1. The van der Waals surface area contributed by atoms with Crippen LogP contribution in [-0.4, -0.2) is 32.2 Å². The topological polar surface area (TPSA) is 64.4 Å². The largest absolute Gasteiger partial charge is 0.381 e. The van der Waals surface area contributed by atoms with Crippen LogP contribution in [0.1, 0.15) is 26.2 Å². The smallest absolute Gasteiger partial charge is 0.227 e. The molecule has 1 amide bonds. The summed E-state index contributed by atoms with van der Waals surface area (Å²) in [7, 11) is 0. The fourth-order valence-corrected chi connectivity index (χ4v) is 1.71. The van der Waals surface area contributed by atoms with Gasteiger partial charge in [0.15, 0.2) is 0 Å². The Bertz CT molecular complexity index is 189. The maximum atomic E-state index is 11.9. The molecule has 1 heterocycles. The highest BCUT2D eigenvalue weighted by Gasteiger charge is 2.38. The second-order valence-electron chi connectivity index (χ2n) is 3.85. The molecule has 4 heteroatoms. The molecule has 1 aliphatic rings. The SMILES string of the molecule is CCCNC(=O)C1(CN)CCOCC1. The van der Waals surface area contributed by atoms with Gasteiger partial charge in [0.2, 0.25) is 5.91 Å². The minimum atomic E-state index is -0.368. The van der Waals surface area contributed by atoms with E-state index in [1.54, 1.807) is 0 Å². The zero-order valence-electron chi connectivity index (χ0n) is 8.84. The Kier molecular flexibility index (Phi) is 4.35. The van der Waals surface area contributed by atoms with Gasteiger partial charge >= 0.3 is 0 Å². The monoisotopic (exact) mass is 200 g/mol. The van der Waals surface area contributed by atoms with Gasteiger partial charge in [-0.1, -0.05) is 6.92 Å². The van der Waals surface area contributed by atoms with Gasteiger partial charge in [-0.15, -0.1) is 0 Å². The van der Waals surface area contributed by atoms with Crippen LogP contribution >= 0.6 is 0 Å². The van der Waals surface area contributed by atoms with Gasteiger partial charge in [0.1, 0.15) is 0 Å². The Labute approximate surface area is 85.2 Å². The van der Waals surface area contributed by atoms with Gasteiger partial charge in [0, 0.05) is 26.3 Å². The maximum absolute atomic E-state index is 11.9. The second kappa shape index (κ2) is 5.32. The molecule has 0 radical (unpaired) electrons. The third-order valence-corrected chi connectivity index (χ3v) is 2.86. The molecule has 3 N–H and O–H groups in total. The third-order valence-electron chi connectivity index (χ3n) is 2.86. The van der Waals surface area contributed by atoms with Crippen molar-refractivity contribution in [2.45, 2.75) is 26.2 Å². The Morgan fingerprint density at radius 2 is 2.14 bits per heavy atom. The number of hydrogen-bond acceptors (Lipinski definition) is 3. The van der Waals surface area contributed by atoms with Gasteiger partial charge in [-0.25, -0.2) is 0 Å². The number of nitrogens with two attached hydrogens (primary N) is 1. The quantitative estimate of drug-likeness (QED) is 0.684. The van der Waals surface area contributed by atoms with Crippen molar-refractivity contribution in [2.75, 3.05) is 26.3 Å². The lowest BCUT2D eigenvalue weighted by Gasteiger charge is -2.34. The van der Waals surface area contributed by atoms with Crippen molar-refractivity contribution in [2.24, 2.45) is 11.1 Å². The van der Waals surface area contributed by atoms with Gasteiger partial charge in [-0.2, -0.15) is 0 Å². The standard InChI is InChI=1S/C10H20N2O2/c1-2-5-12-9(13)10(8-11)3-6-14-7-4-10/h2-8,11H2,1H3,(H,12,13). The van der Waals surface area contributed by atoms with E-state index in [2.05, 4.69) is 5.32 Å². The summed E-state index contributed by atoms with van der Waals surface area (Å²) >= 11 is 0. The molecular formula is C10H20N2O2. The van der Waals surface area contributed by atoms with Crippen LogP contribution in [-0.2, 0) is 9.53 Å². The van der Waals surface area contributed by atoms with Crippen molar-refractivity contribution in [3.05, 3.63) is 0 Å². The van der Waals surface area contributed by atoms with E-state index < -0.39 is 0 Å². The van der Waals surface area contributed by atoms with E-state index in [0.29, 0.717) is 19.8 Å². The Morgan fingerprint density at radius 3 is 2.64 bits per heavy atom. The minimum Gasteiger partial charge on any atom is -0.381 e. The summed E-state index contributed by atoms with van der Waals surface area (Å²) in [5, 5.41) is 2.92. The van der Waals surface area contributed by atoms with E-state index in [1.165, 1.54) is 0 Å². The summed E-state index contributed by atoms with van der Waals surface area (Å²) in [6, 6.07) is 0. The molecule has 1 aliphatic heterocycles. The highest BCUT2D eigenvalue weighted by atomic mass is 16.5. The summed E-state index contributed by atoms with van der Waals surface area (Å²) in [5.74, 6) is 0.102. The molecule has 1 rings (SSSR count). The fraction of sp³-hybridized carbons (Fsp3) is 0.900. The van der Waals surface area contributed by atoms with Gasteiger partial charge in [-0.3, -0.25) is 4.79 Å². The van der Waals surface area contributed by atoms with Gasteiger partial charge < -0.3 is 15.8 Å². The molecule has 0 aromatic heterocycles. The minimum absolute atomic E-state index is 0.102. The van der Waals surface area contributed by atoms with Crippen molar-refractivity contribution in [3.63, 3.8) is 0 Å². The highest BCUT2D eigenvalue weighted by molar-refractivity contribution is 5.83. The summed E-state index contributed by atoms with van der Waals surface area (Å²) in [6.45, 7) is 4.50. The first-order valence-corrected chi connectivity index (χ1v) is 5.31. The van der Waals surface area contributed by atoms with Crippen molar-refractivity contribution >= 4 is 5.91 Å². The zero-order valence-corrected chi connectivity index (χ0v) is 8.84. The molecule has 0 saturated carbocycles. The number of carbonyl (C=O) groups excluding carboxylic acids is 1. The molecule has 0 aliphatic carbocycles. The predicted octanol–water partition coefficient (Wildman–Crippen LogP) is 0.268. The van der Waals surface area contributed by atoms with Crippen LogP contribution in [0.25, 0.3) is 0 Å². The second-order valence-corrected chi connectivity index (χ2v) is 3.85. The number of nitrogens with one attached hydrogen (secondary N) is 1.